The number of benzene rings is 1. The van der Waals surface area contributed by atoms with Crippen molar-refractivity contribution in [1.29, 1.82) is 0 Å². The van der Waals surface area contributed by atoms with E-state index < -0.39 is 12.0 Å². The van der Waals surface area contributed by atoms with Crippen molar-refractivity contribution in [3.05, 3.63) is 53.5 Å². The van der Waals surface area contributed by atoms with Crippen LogP contribution in [0.4, 0.5) is 4.79 Å². The number of nitrogens with one attached hydrogen (secondary N) is 1. The first-order chi connectivity index (χ1) is 11.1. The molecule has 8 heteroatoms. The van der Waals surface area contributed by atoms with Crippen molar-refractivity contribution in [3.63, 3.8) is 0 Å². The molecule has 1 aromatic heterocycles. The van der Waals surface area contributed by atoms with E-state index in [0.29, 0.717) is 11.5 Å². The second-order valence-electron chi connectivity index (χ2n) is 4.35. The molecule has 2 rings (SSSR count). The molecule has 0 spiro atoms. The highest BCUT2D eigenvalue weighted by Crippen LogP contribution is 2.15. The van der Waals surface area contributed by atoms with Crippen molar-refractivity contribution >= 4 is 18.2 Å². The number of rotatable bonds is 6. The lowest BCUT2D eigenvalue weighted by Crippen LogP contribution is -2.24. The summed E-state index contributed by atoms with van der Waals surface area (Å²) in [6, 6.07) is 9.41. The average molecular weight is 317 g/mol. The van der Waals surface area contributed by atoms with Gasteiger partial charge in [-0.2, -0.15) is 5.10 Å². The van der Waals surface area contributed by atoms with Crippen LogP contribution in [0.25, 0.3) is 0 Å². The quantitative estimate of drug-likeness (QED) is 0.477. The molecule has 2 amide bonds. The molecule has 0 aliphatic rings. The topological polar surface area (TPSA) is 116 Å². The summed E-state index contributed by atoms with van der Waals surface area (Å²) in [5.74, 6) is 0.701. The molecule has 0 aliphatic carbocycles. The number of furan rings is 1. The Balaban J connectivity index is 1.88. The van der Waals surface area contributed by atoms with Crippen LogP contribution in [-0.4, -0.2) is 25.3 Å². The highest BCUT2D eigenvalue weighted by Gasteiger charge is 2.11. The second-order valence-corrected chi connectivity index (χ2v) is 4.35. The average Bonchev–Trinajstić information content (AvgIpc) is 3.02. The fraction of sp³-hybridized carbons (Fsp3) is 0.133. The van der Waals surface area contributed by atoms with Gasteiger partial charge in [0, 0.05) is 0 Å². The molecule has 1 heterocycles. The lowest BCUT2D eigenvalue weighted by atomic mass is 10.2. The minimum atomic E-state index is -0.731. The summed E-state index contributed by atoms with van der Waals surface area (Å²) in [5, 5.41) is 3.64. The maximum atomic E-state index is 11.3. The SMILES string of the molecule is COC(=O)c1ccc(COc2ccc(C=NNC(N)=O)cc2)o1. The molecule has 0 bridgehead atoms. The molecule has 0 aliphatic heterocycles. The maximum Gasteiger partial charge on any atom is 0.373 e. The molecule has 0 radical (unpaired) electrons. The molecule has 0 fully saturated rings. The lowest BCUT2D eigenvalue weighted by Gasteiger charge is -2.04. The van der Waals surface area contributed by atoms with Crippen LogP contribution in [0.5, 0.6) is 5.75 Å². The fourth-order valence-corrected chi connectivity index (χ4v) is 1.64. The van der Waals surface area contributed by atoms with Gasteiger partial charge in [-0.1, -0.05) is 0 Å². The summed E-state index contributed by atoms with van der Waals surface area (Å²) < 4.78 is 15.4. The van der Waals surface area contributed by atoms with E-state index in [2.05, 4.69) is 15.3 Å². The van der Waals surface area contributed by atoms with Crippen LogP contribution in [0.1, 0.15) is 21.9 Å². The summed E-state index contributed by atoms with van der Waals surface area (Å²) in [6.07, 6.45) is 1.45. The number of primary amides is 1. The number of hydrogen-bond acceptors (Lipinski definition) is 6. The van der Waals surface area contributed by atoms with E-state index in [1.165, 1.54) is 19.4 Å². The zero-order chi connectivity index (χ0) is 16.7. The monoisotopic (exact) mass is 317 g/mol. The van der Waals surface area contributed by atoms with Crippen LogP contribution in [-0.2, 0) is 11.3 Å². The first-order valence-corrected chi connectivity index (χ1v) is 6.57. The third-order valence-corrected chi connectivity index (χ3v) is 2.70. The molecular weight excluding hydrogens is 302 g/mol. The van der Waals surface area contributed by atoms with Crippen LogP contribution >= 0.6 is 0 Å². The molecule has 8 nitrogen and oxygen atoms in total. The van der Waals surface area contributed by atoms with Gasteiger partial charge in [-0.25, -0.2) is 15.0 Å². The van der Waals surface area contributed by atoms with Gasteiger partial charge in [0.2, 0.25) is 5.76 Å². The zero-order valence-electron chi connectivity index (χ0n) is 12.3. The molecule has 0 saturated carbocycles. The number of nitrogens with zero attached hydrogens (tertiary/aromatic N) is 1. The van der Waals surface area contributed by atoms with Crippen LogP contribution < -0.4 is 15.9 Å². The predicted molar refractivity (Wildman–Crippen MR) is 81.1 cm³/mol. The number of hydrazone groups is 1. The Kier molecular flexibility index (Phi) is 5.35. The van der Waals surface area contributed by atoms with Crippen LogP contribution in [0.15, 0.2) is 45.9 Å². The summed E-state index contributed by atoms with van der Waals surface area (Å²) in [7, 11) is 1.28. The number of ether oxygens (including phenoxy) is 2. The number of amides is 2. The van der Waals surface area contributed by atoms with Gasteiger partial charge in [-0.3, -0.25) is 0 Å². The highest BCUT2D eigenvalue weighted by atomic mass is 16.5. The molecule has 0 atom stereocenters. The van der Waals surface area contributed by atoms with Gasteiger partial charge in [0.1, 0.15) is 18.1 Å². The molecule has 120 valence electrons. The van der Waals surface area contributed by atoms with Gasteiger partial charge in [-0.15, -0.1) is 0 Å². The predicted octanol–water partition coefficient (Wildman–Crippen LogP) is 1.65. The maximum absolute atomic E-state index is 11.3. The number of carbonyl (C=O) groups is 2. The third kappa shape index (κ3) is 4.88. The number of methoxy groups -OCH3 is 1. The second kappa shape index (κ2) is 7.64. The third-order valence-electron chi connectivity index (χ3n) is 2.70. The van der Waals surface area contributed by atoms with E-state index in [4.69, 9.17) is 14.9 Å². The first kappa shape index (κ1) is 16.1. The van der Waals surface area contributed by atoms with E-state index in [1.807, 2.05) is 0 Å². The summed E-state index contributed by atoms with van der Waals surface area (Å²) in [6.45, 7) is 0.174. The van der Waals surface area contributed by atoms with Crippen LogP contribution in [0, 0.1) is 0 Å². The Morgan fingerprint density at radius 3 is 2.65 bits per heavy atom. The number of hydrogen-bond donors (Lipinski definition) is 2. The Labute approximate surface area is 131 Å². The number of esters is 1. The van der Waals surface area contributed by atoms with E-state index in [0.717, 1.165) is 5.56 Å². The fourth-order valence-electron chi connectivity index (χ4n) is 1.64. The van der Waals surface area contributed by atoms with Crippen molar-refractivity contribution in [2.45, 2.75) is 6.61 Å². The minimum Gasteiger partial charge on any atom is -0.486 e. The van der Waals surface area contributed by atoms with Crippen molar-refractivity contribution in [2.24, 2.45) is 10.8 Å². The van der Waals surface area contributed by atoms with Gasteiger partial charge in [0.25, 0.3) is 0 Å². The van der Waals surface area contributed by atoms with Crippen LogP contribution in [0.2, 0.25) is 0 Å². The lowest BCUT2D eigenvalue weighted by molar-refractivity contribution is 0.0561. The van der Waals surface area contributed by atoms with E-state index in [-0.39, 0.29) is 12.4 Å². The smallest absolute Gasteiger partial charge is 0.373 e. The Bertz CT molecular complexity index is 706. The molecule has 1 aromatic carbocycles. The summed E-state index contributed by atoms with van der Waals surface area (Å²) in [5.41, 5.74) is 7.74. The Morgan fingerprint density at radius 2 is 2.00 bits per heavy atom. The van der Waals surface area contributed by atoms with Crippen molar-refractivity contribution in [1.82, 2.24) is 5.43 Å². The van der Waals surface area contributed by atoms with E-state index in [9.17, 15) is 9.59 Å². The normalized spacial score (nSPS) is 10.5. The summed E-state index contributed by atoms with van der Waals surface area (Å²) in [4.78, 5) is 21.7. The molecule has 2 aromatic rings. The molecular formula is C15H15N3O5. The molecule has 23 heavy (non-hydrogen) atoms. The number of urea groups is 1. The zero-order valence-corrected chi connectivity index (χ0v) is 12.3. The molecule has 3 N–H and O–H groups in total. The first-order valence-electron chi connectivity index (χ1n) is 6.57. The van der Waals surface area contributed by atoms with Crippen molar-refractivity contribution in [3.8, 4) is 5.75 Å². The van der Waals surface area contributed by atoms with Gasteiger partial charge in [0.05, 0.1) is 13.3 Å². The summed E-state index contributed by atoms with van der Waals surface area (Å²) >= 11 is 0. The van der Waals surface area contributed by atoms with Gasteiger partial charge in [-0.05, 0) is 42.0 Å². The van der Waals surface area contributed by atoms with Gasteiger partial charge < -0.3 is 19.6 Å². The van der Waals surface area contributed by atoms with Crippen LogP contribution in [0.3, 0.4) is 0 Å². The highest BCUT2D eigenvalue weighted by molar-refractivity contribution is 5.86. The Morgan fingerprint density at radius 1 is 1.26 bits per heavy atom. The van der Waals surface area contributed by atoms with Gasteiger partial charge >= 0.3 is 12.0 Å². The number of nitrogens with two attached hydrogens (primary N) is 1. The van der Waals surface area contributed by atoms with E-state index in [1.54, 1.807) is 30.3 Å². The standard InChI is InChI=1S/C15H15N3O5/c1-21-14(19)13-7-6-12(23-13)9-22-11-4-2-10(3-5-11)8-17-18-15(16)20/h2-8H,9H2,1H3,(H3,16,18,20). The minimum absolute atomic E-state index is 0.125. The van der Waals surface area contributed by atoms with Crippen molar-refractivity contribution < 1.29 is 23.5 Å². The largest absolute Gasteiger partial charge is 0.486 e. The van der Waals surface area contributed by atoms with E-state index >= 15 is 0 Å². The van der Waals surface area contributed by atoms with Gasteiger partial charge in [0.15, 0.2) is 0 Å². The number of carbonyl (C=O) groups excluding carboxylic acids is 2. The molecule has 0 unspecified atom stereocenters. The van der Waals surface area contributed by atoms with Crippen molar-refractivity contribution in [2.75, 3.05) is 7.11 Å². The Hall–Kier alpha value is -3.29. The molecule has 0 saturated heterocycles.